The van der Waals surface area contributed by atoms with E-state index in [0.717, 1.165) is 11.3 Å². The number of halogens is 2. The highest BCUT2D eigenvalue weighted by atomic mass is 79.9. The summed E-state index contributed by atoms with van der Waals surface area (Å²) in [6.45, 7) is 1.92. The standard InChI is InChI=1S/C15H14BrFN2O/c1-9-3-5-13(18-2)11(7-9)15(20)19-14-6-4-10(17)8-12(14)16/h3-8,18H,1-2H3,(H,19,20). The lowest BCUT2D eigenvalue weighted by Gasteiger charge is -2.12. The molecule has 0 saturated heterocycles. The summed E-state index contributed by atoms with van der Waals surface area (Å²) in [5.74, 6) is -0.605. The number of hydrogen-bond donors (Lipinski definition) is 2. The van der Waals surface area contributed by atoms with Crippen molar-refractivity contribution in [2.24, 2.45) is 0 Å². The lowest BCUT2D eigenvalue weighted by molar-refractivity contribution is 0.102. The van der Waals surface area contributed by atoms with Crippen molar-refractivity contribution < 1.29 is 9.18 Å². The second-order valence-electron chi connectivity index (χ2n) is 4.38. The molecule has 0 aliphatic rings. The monoisotopic (exact) mass is 336 g/mol. The molecule has 0 unspecified atom stereocenters. The van der Waals surface area contributed by atoms with Crippen LogP contribution in [-0.4, -0.2) is 13.0 Å². The van der Waals surface area contributed by atoms with E-state index in [1.54, 1.807) is 13.1 Å². The van der Waals surface area contributed by atoms with Crippen molar-refractivity contribution in [3.05, 3.63) is 57.8 Å². The Bertz CT molecular complexity index is 658. The first-order valence-electron chi connectivity index (χ1n) is 6.06. The van der Waals surface area contributed by atoms with Crippen molar-refractivity contribution in [3.8, 4) is 0 Å². The highest BCUT2D eigenvalue weighted by molar-refractivity contribution is 9.10. The van der Waals surface area contributed by atoms with Crippen LogP contribution in [0, 0.1) is 12.7 Å². The van der Waals surface area contributed by atoms with Gasteiger partial charge in [0.25, 0.3) is 5.91 Å². The van der Waals surface area contributed by atoms with E-state index in [1.165, 1.54) is 18.2 Å². The zero-order valence-electron chi connectivity index (χ0n) is 11.1. The number of amides is 1. The average Bonchev–Trinajstić information content (AvgIpc) is 2.41. The summed E-state index contributed by atoms with van der Waals surface area (Å²) in [6, 6.07) is 9.71. The van der Waals surface area contributed by atoms with Gasteiger partial charge >= 0.3 is 0 Å². The molecule has 0 saturated carbocycles. The summed E-state index contributed by atoms with van der Waals surface area (Å²) in [6.07, 6.45) is 0. The molecule has 0 bridgehead atoms. The van der Waals surface area contributed by atoms with Crippen LogP contribution in [0.25, 0.3) is 0 Å². The van der Waals surface area contributed by atoms with E-state index in [4.69, 9.17) is 0 Å². The van der Waals surface area contributed by atoms with Gasteiger partial charge in [-0.05, 0) is 53.2 Å². The molecule has 2 aromatic carbocycles. The summed E-state index contributed by atoms with van der Waals surface area (Å²) in [7, 11) is 1.76. The Balaban J connectivity index is 2.30. The third-order valence-corrected chi connectivity index (χ3v) is 3.52. The largest absolute Gasteiger partial charge is 0.387 e. The van der Waals surface area contributed by atoms with Crippen molar-refractivity contribution in [3.63, 3.8) is 0 Å². The van der Waals surface area contributed by atoms with Crippen LogP contribution in [0.4, 0.5) is 15.8 Å². The van der Waals surface area contributed by atoms with E-state index in [2.05, 4.69) is 26.6 Å². The van der Waals surface area contributed by atoms with Gasteiger partial charge in [-0.15, -0.1) is 0 Å². The van der Waals surface area contributed by atoms with E-state index in [0.29, 0.717) is 15.7 Å². The third kappa shape index (κ3) is 3.17. The fourth-order valence-electron chi connectivity index (χ4n) is 1.84. The lowest BCUT2D eigenvalue weighted by atomic mass is 10.1. The molecule has 0 aliphatic carbocycles. The second kappa shape index (κ2) is 6.05. The Morgan fingerprint density at radius 2 is 1.85 bits per heavy atom. The number of hydrogen-bond acceptors (Lipinski definition) is 2. The van der Waals surface area contributed by atoms with Gasteiger partial charge in [0.05, 0.1) is 11.3 Å². The zero-order chi connectivity index (χ0) is 14.7. The Labute approximate surface area is 125 Å². The molecule has 2 rings (SSSR count). The van der Waals surface area contributed by atoms with Gasteiger partial charge in [-0.2, -0.15) is 0 Å². The number of aryl methyl sites for hydroxylation is 1. The molecule has 0 fully saturated rings. The van der Waals surface area contributed by atoms with Gasteiger partial charge in [0.15, 0.2) is 0 Å². The van der Waals surface area contributed by atoms with Crippen molar-refractivity contribution >= 4 is 33.2 Å². The van der Waals surface area contributed by atoms with E-state index in [-0.39, 0.29) is 11.7 Å². The quantitative estimate of drug-likeness (QED) is 0.882. The van der Waals surface area contributed by atoms with Gasteiger partial charge in [-0.1, -0.05) is 11.6 Å². The van der Waals surface area contributed by atoms with Crippen molar-refractivity contribution in [1.29, 1.82) is 0 Å². The molecule has 0 aromatic heterocycles. The van der Waals surface area contributed by atoms with Gasteiger partial charge in [-0.25, -0.2) is 4.39 Å². The van der Waals surface area contributed by atoms with Crippen LogP contribution in [0.2, 0.25) is 0 Å². The maximum Gasteiger partial charge on any atom is 0.257 e. The van der Waals surface area contributed by atoms with Crippen LogP contribution in [0.15, 0.2) is 40.9 Å². The smallest absolute Gasteiger partial charge is 0.257 e. The molecule has 0 spiro atoms. The Morgan fingerprint density at radius 3 is 2.50 bits per heavy atom. The van der Waals surface area contributed by atoms with Crippen LogP contribution in [0.5, 0.6) is 0 Å². The van der Waals surface area contributed by atoms with Crippen molar-refractivity contribution in [1.82, 2.24) is 0 Å². The molecule has 1 amide bonds. The highest BCUT2D eigenvalue weighted by Gasteiger charge is 2.13. The minimum absolute atomic E-state index is 0.245. The zero-order valence-corrected chi connectivity index (χ0v) is 12.7. The van der Waals surface area contributed by atoms with E-state index in [9.17, 15) is 9.18 Å². The van der Waals surface area contributed by atoms with E-state index in [1.807, 2.05) is 19.1 Å². The summed E-state index contributed by atoms with van der Waals surface area (Å²) in [5.41, 5.74) is 2.81. The van der Waals surface area contributed by atoms with E-state index < -0.39 is 0 Å². The summed E-state index contributed by atoms with van der Waals surface area (Å²) >= 11 is 3.23. The summed E-state index contributed by atoms with van der Waals surface area (Å²) < 4.78 is 13.5. The first kappa shape index (κ1) is 14.5. The molecule has 0 radical (unpaired) electrons. The molecule has 20 heavy (non-hydrogen) atoms. The molecule has 0 aliphatic heterocycles. The Kier molecular flexibility index (Phi) is 4.39. The fraction of sp³-hybridized carbons (Fsp3) is 0.133. The number of nitrogens with one attached hydrogen (secondary N) is 2. The van der Waals surface area contributed by atoms with Crippen molar-refractivity contribution in [2.75, 3.05) is 17.7 Å². The topological polar surface area (TPSA) is 41.1 Å². The predicted octanol–water partition coefficient (Wildman–Crippen LogP) is 4.19. The molecular weight excluding hydrogens is 323 g/mol. The van der Waals surface area contributed by atoms with Gasteiger partial charge in [0.2, 0.25) is 0 Å². The summed E-state index contributed by atoms with van der Waals surface area (Å²) in [5, 5.41) is 5.74. The molecule has 5 heteroatoms. The normalized spacial score (nSPS) is 10.2. The summed E-state index contributed by atoms with van der Waals surface area (Å²) in [4.78, 5) is 12.3. The molecule has 0 atom stereocenters. The molecule has 3 nitrogen and oxygen atoms in total. The average molecular weight is 337 g/mol. The van der Waals surface area contributed by atoms with Crippen molar-refractivity contribution in [2.45, 2.75) is 6.92 Å². The number of rotatable bonds is 3. The first-order chi connectivity index (χ1) is 9.51. The molecule has 0 heterocycles. The minimum Gasteiger partial charge on any atom is -0.387 e. The van der Waals surface area contributed by atoms with E-state index >= 15 is 0 Å². The number of anilines is 2. The number of carbonyl (C=O) groups is 1. The third-order valence-electron chi connectivity index (χ3n) is 2.87. The SMILES string of the molecule is CNc1ccc(C)cc1C(=O)Nc1ccc(F)cc1Br. The lowest BCUT2D eigenvalue weighted by Crippen LogP contribution is -2.14. The fourth-order valence-corrected chi connectivity index (χ4v) is 2.29. The minimum atomic E-state index is -0.360. The molecule has 104 valence electrons. The van der Waals surface area contributed by atoms with Gasteiger partial charge in [-0.3, -0.25) is 4.79 Å². The van der Waals surface area contributed by atoms with Gasteiger partial charge < -0.3 is 10.6 Å². The second-order valence-corrected chi connectivity index (χ2v) is 5.23. The molecule has 2 N–H and O–H groups in total. The van der Waals surface area contributed by atoms with Crippen LogP contribution in [0.1, 0.15) is 15.9 Å². The maximum absolute atomic E-state index is 13.0. The molecular formula is C15H14BrFN2O. The predicted molar refractivity (Wildman–Crippen MR) is 82.8 cm³/mol. The first-order valence-corrected chi connectivity index (χ1v) is 6.85. The Hall–Kier alpha value is -1.88. The number of carbonyl (C=O) groups excluding carboxylic acids is 1. The van der Waals surface area contributed by atoms with Gasteiger partial charge in [0.1, 0.15) is 5.82 Å². The van der Waals surface area contributed by atoms with Crippen LogP contribution >= 0.6 is 15.9 Å². The Morgan fingerprint density at radius 1 is 1.15 bits per heavy atom. The van der Waals surface area contributed by atoms with Gasteiger partial charge in [0, 0.05) is 17.2 Å². The van der Waals surface area contributed by atoms with Crippen LogP contribution in [-0.2, 0) is 0 Å². The van der Waals surface area contributed by atoms with Crippen LogP contribution < -0.4 is 10.6 Å². The highest BCUT2D eigenvalue weighted by Crippen LogP contribution is 2.25. The van der Waals surface area contributed by atoms with Crippen LogP contribution in [0.3, 0.4) is 0 Å². The number of benzene rings is 2. The molecule has 2 aromatic rings. The maximum atomic E-state index is 13.0.